The van der Waals surface area contributed by atoms with Gasteiger partial charge < -0.3 is 9.47 Å². The van der Waals surface area contributed by atoms with Crippen LogP contribution in [0.1, 0.15) is 25.7 Å². The Kier molecular flexibility index (Phi) is 3.59. The second-order valence-electron chi connectivity index (χ2n) is 4.02. The first-order valence-electron chi connectivity index (χ1n) is 5.16. The maximum absolute atomic E-state index is 5.69. The molecule has 0 aromatic heterocycles. The lowest BCUT2D eigenvalue weighted by Crippen LogP contribution is -2.35. The van der Waals surface area contributed by atoms with Crippen molar-refractivity contribution in [1.29, 1.82) is 0 Å². The monoisotopic (exact) mass is 221 g/mol. The largest absolute Gasteiger partial charge is 0.348 e. The molecule has 1 aliphatic carbocycles. The van der Waals surface area contributed by atoms with Crippen molar-refractivity contribution in [3.8, 4) is 0 Å². The van der Waals surface area contributed by atoms with Crippen molar-refractivity contribution in [2.45, 2.75) is 31.5 Å². The first kappa shape index (κ1) is 10.3. The van der Waals surface area contributed by atoms with E-state index in [0.29, 0.717) is 8.27 Å². The fraction of sp³-hybridized carbons (Fsp3) is 1.00. The quantitative estimate of drug-likeness (QED) is 0.665. The summed E-state index contributed by atoms with van der Waals surface area (Å²) in [6.07, 6.45) is 6.30. The zero-order valence-corrected chi connectivity index (χ0v) is 10.3. The summed E-state index contributed by atoms with van der Waals surface area (Å²) in [6.45, 7) is 1.61. The second kappa shape index (κ2) is 4.53. The molecule has 76 valence electrons. The van der Waals surface area contributed by atoms with Crippen LogP contribution in [-0.4, -0.2) is 25.2 Å². The maximum Gasteiger partial charge on any atom is 0.168 e. The maximum atomic E-state index is 5.69. The predicted octanol–water partition coefficient (Wildman–Crippen LogP) is 2.12. The molecule has 0 aromatic rings. The van der Waals surface area contributed by atoms with E-state index in [2.05, 4.69) is 8.93 Å². The van der Waals surface area contributed by atoms with E-state index in [9.17, 15) is 0 Å². The van der Waals surface area contributed by atoms with Gasteiger partial charge in [-0.1, -0.05) is 0 Å². The zero-order chi connectivity index (χ0) is 9.15. The summed E-state index contributed by atoms with van der Waals surface area (Å²) >= 11 is 0. The molecular weight excluding hydrogens is 202 g/mol. The Bertz CT molecular complexity index is 159. The number of hydrogen-bond acceptors (Lipinski definition) is 2. The Morgan fingerprint density at radius 1 is 1.23 bits per heavy atom. The Morgan fingerprint density at radius 2 is 1.85 bits per heavy atom. The van der Waals surface area contributed by atoms with E-state index in [4.69, 9.17) is 9.47 Å². The lowest BCUT2D eigenvalue weighted by atomic mass is 9.86. The summed E-state index contributed by atoms with van der Waals surface area (Å²) < 4.78 is 11.4. The van der Waals surface area contributed by atoms with Crippen LogP contribution in [0.15, 0.2) is 0 Å². The molecule has 2 rings (SSSR count). The van der Waals surface area contributed by atoms with Crippen LogP contribution in [0.2, 0.25) is 0 Å². The molecule has 1 saturated carbocycles. The number of rotatable bonds is 2. The van der Waals surface area contributed by atoms with Crippen LogP contribution >= 0.6 is 17.2 Å². The molecule has 1 heterocycles. The highest BCUT2D eigenvalue weighted by atomic mass is 32.0. The molecule has 0 radical (unpaired) electrons. The second-order valence-corrected chi connectivity index (χ2v) is 6.38. The van der Waals surface area contributed by atoms with Crippen molar-refractivity contribution in [2.75, 3.05) is 19.4 Å². The van der Waals surface area contributed by atoms with Gasteiger partial charge >= 0.3 is 0 Å². The molecule has 2 atom stereocenters. The highest BCUT2D eigenvalue weighted by Crippen LogP contribution is 2.40. The molecule has 2 nitrogen and oxygen atoms in total. The van der Waals surface area contributed by atoms with Gasteiger partial charge in [0.15, 0.2) is 5.79 Å². The van der Waals surface area contributed by atoms with Crippen LogP contribution in [0.25, 0.3) is 0 Å². The molecule has 1 saturated heterocycles. The van der Waals surface area contributed by atoms with Gasteiger partial charge in [0.05, 0.1) is 19.4 Å². The Morgan fingerprint density at radius 3 is 2.38 bits per heavy atom. The first-order valence-corrected chi connectivity index (χ1v) is 8.64. The fourth-order valence-corrected chi connectivity index (χ4v) is 4.34. The van der Waals surface area contributed by atoms with Crippen LogP contribution in [0.5, 0.6) is 0 Å². The molecular formula is C9H19O2P2+. The average molecular weight is 221 g/mol. The van der Waals surface area contributed by atoms with Gasteiger partial charge in [-0.15, -0.1) is 0 Å². The van der Waals surface area contributed by atoms with Crippen LogP contribution in [-0.2, 0) is 9.47 Å². The normalized spacial score (nSPS) is 29.3. The van der Waals surface area contributed by atoms with E-state index in [1.54, 1.807) is 0 Å². The Labute approximate surface area is 84.0 Å². The molecule has 1 spiro atoms. The predicted molar refractivity (Wildman–Crippen MR) is 60.9 cm³/mol. The highest BCUT2D eigenvalue weighted by Gasteiger charge is 2.40. The van der Waals surface area contributed by atoms with Crippen LogP contribution in [0, 0.1) is 5.92 Å². The van der Waals surface area contributed by atoms with E-state index in [-0.39, 0.29) is 5.79 Å². The molecule has 1 aliphatic heterocycles. The smallest absolute Gasteiger partial charge is 0.168 e. The van der Waals surface area contributed by atoms with Crippen LogP contribution in [0.3, 0.4) is 0 Å². The minimum atomic E-state index is -0.146. The van der Waals surface area contributed by atoms with Gasteiger partial charge in [-0.2, -0.15) is 0 Å². The van der Waals surface area contributed by atoms with Crippen molar-refractivity contribution in [3.63, 3.8) is 0 Å². The molecule has 4 heteroatoms. The summed E-state index contributed by atoms with van der Waals surface area (Å²) in [6, 6.07) is 0. The average Bonchev–Trinajstić information content (AvgIpc) is 2.59. The molecule has 0 aromatic carbocycles. The fourth-order valence-electron chi connectivity index (χ4n) is 2.33. The standard InChI is InChI=1S/C9H18O2P2/c12-13-7-8-1-3-9(4-2-8)10-5-6-11-9/h8,13H,1-7,12H2/p+1. The molecule has 0 amide bonds. The van der Waals surface area contributed by atoms with Gasteiger partial charge in [-0.25, -0.2) is 0 Å². The third kappa shape index (κ3) is 2.42. The lowest BCUT2D eigenvalue weighted by molar-refractivity contribution is -0.181. The van der Waals surface area contributed by atoms with Gasteiger partial charge in [0.25, 0.3) is 0 Å². The summed E-state index contributed by atoms with van der Waals surface area (Å²) in [5.41, 5.74) is 0. The third-order valence-corrected chi connectivity index (χ3v) is 4.91. The van der Waals surface area contributed by atoms with E-state index in [1.807, 2.05) is 0 Å². The molecule has 13 heavy (non-hydrogen) atoms. The van der Waals surface area contributed by atoms with E-state index in [1.165, 1.54) is 19.0 Å². The SMILES string of the molecule is P[PH2+]CC1CCC2(CC1)OCCO2. The van der Waals surface area contributed by atoms with Crippen molar-refractivity contribution < 1.29 is 9.47 Å². The molecule has 2 fully saturated rings. The van der Waals surface area contributed by atoms with E-state index >= 15 is 0 Å². The summed E-state index contributed by atoms with van der Waals surface area (Å²) in [4.78, 5) is 0. The zero-order valence-electron chi connectivity index (χ0n) is 8.00. The number of hydrogen-bond donors (Lipinski definition) is 0. The number of ether oxygens (including phenoxy) is 2. The van der Waals surface area contributed by atoms with Crippen molar-refractivity contribution in [1.82, 2.24) is 0 Å². The minimum absolute atomic E-state index is 0.146. The van der Waals surface area contributed by atoms with E-state index < -0.39 is 0 Å². The molecule has 0 bridgehead atoms. The van der Waals surface area contributed by atoms with Gasteiger partial charge in [0, 0.05) is 30.0 Å². The molecule has 0 N–H and O–H groups in total. The van der Waals surface area contributed by atoms with Gasteiger partial charge in [-0.05, 0) is 18.8 Å². The van der Waals surface area contributed by atoms with Crippen molar-refractivity contribution >= 4 is 17.2 Å². The van der Waals surface area contributed by atoms with Crippen LogP contribution in [0.4, 0.5) is 0 Å². The van der Waals surface area contributed by atoms with Gasteiger partial charge in [-0.3, -0.25) is 0 Å². The Balaban J connectivity index is 1.81. The lowest BCUT2D eigenvalue weighted by Gasteiger charge is -2.34. The van der Waals surface area contributed by atoms with E-state index in [0.717, 1.165) is 32.0 Å². The third-order valence-electron chi connectivity index (χ3n) is 3.15. The summed E-state index contributed by atoms with van der Waals surface area (Å²) in [7, 11) is 3.50. The topological polar surface area (TPSA) is 18.5 Å². The van der Waals surface area contributed by atoms with Crippen molar-refractivity contribution in [2.24, 2.45) is 5.92 Å². The van der Waals surface area contributed by atoms with Gasteiger partial charge in [0.2, 0.25) is 0 Å². The van der Waals surface area contributed by atoms with Crippen LogP contribution < -0.4 is 0 Å². The minimum Gasteiger partial charge on any atom is -0.348 e. The van der Waals surface area contributed by atoms with Gasteiger partial charge in [0.1, 0.15) is 0 Å². The summed E-state index contributed by atoms with van der Waals surface area (Å²) in [5.74, 6) is 0.804. The Hall–Kier alpha value is 0.780. The molecule has 2 aliphatic rings. The first-order chi connectivity index (χ1) is 6.35. The summed E-state index contributed by atoms with van der Waals surface area (Å²) in [5, 5.41) is 0. The molecule has 2 unspecified atom stereocenters. The van der Waals surface area contributed by atoms with Crippen molar-refractivity contribution in [3.05, 3.63) is 0 Å². The highest BCUT2D eigenvalue weighted by molar-refractivity contribution is 8.02.